The minimum absolute atomic E-state index is 0.804. The molecular weight excluding hydrogens is 220 g/mol. The first-order valence-corrected chi connectivity index (χ1v) is 7.16. The fraction of sp³-hybridized carbons (Fsp3) is 0.562. The summed E-state index contributed by atoms with van der Waals surface area (Å²) in [5, 5.41) is 8.00. The second-order valence-corrected chi connectivity index (χ2v) is 5.32. The molecule has 1 aliphatic rings. The van der Waals surface area contributed by atoms with Gasteiger partial charge in [-0.25, -0.2) is 0 Å². The zero-order chi connectivity index (χ0) is 12.8. The normalized spacial score (nSPS) is 16.8. The highest BCUT2D eigenvalue weighted by Gasteiger charge is 2.20. The van der Waals surface area contributed by atoms with Gasteiger partial charge < -0.3 is 4.90 Å². The zero-order valence-corrected chi connectivity index (χ0v) is 11.4. The van der Waals surface area contributed by atoms with Crippen molar-refractivity contribution in [2.24, 2.45) is 5.92 Å². The van der Waals surface area contributed by atoms with Crippen molar-refractivity contribution in [3.63, 3.8) is 0 Å². The maximum absolute atomic E-state index is 8.00. The molecule has 1 heterocycles. The minimum atomic E-state index is 0.804. The van der Waals surface area contributed by atoms with Crippen LogP contribution in [0.4, 0.5) is 0 Å². The number of hydrogen-bond donors (Lipinski definition) is 1. The smallest absolute Gasteiger partial charge is 0.0957 e. The first-order valence-electron chi connectivity index (χ1n) is 7.16. The summed E-state index contributed by atoms with van der Waals surface area (Å²) >= 11 is 0. The zero-order valence-electron chi connectivity index (χ0n) is 11.4. The lowest BCUT2D eigenvalue weighted by atomic mass is 9.90. The molecule has 1 aromatic rings. The van der Waals surface area contributed by atoms with Crippen LogP contribution in [0, 0.1) is 11.3 Å². The molecule has 1 fully saturated rings. The molecule has 0 atom stereocenters. The van der Waals surface area contributed by atoms with Gasteiger partial charge in [-0.05, 0) is 37.2 Å². The lowest BCUT2D eigenvalue weighted by Crippen LogP contribution is -2.38. The Morgan fingerprint density at radius 3 is 2.50 bits per heavy atom. The van der Waals surface area contributed by atoms with Crippen molar-refractivity contribution >= 4 is 5.84 Å². The highest BCUT2D eigenvalue weighted by Crippen LogP contribution is 2.22. The van der Waals surface area contributed by atoms with E-state index in [0.29, 0.717) is 0 Å². The second kappa shape index (κ2) is 6.58. The average molecular weight is 244 g/mol. The molecule has 0 unspecified atom stereocenters. The molecule has 2 rings (SSSR count). The van der Waals surface area contributed by atoms with Crippen molar-refractivity contribution in [2.45, 2.75) is 39.0 Å². The van der Waals surface area contributed by atoms with Crippen LogP contribution >= 0.6 is 0 Å². The number of piperidine rings is 1. The minimum Gasteiger partial charge on any atom is -0.361 e. The third kappa shape index (κ3) is 3.59. The number of nitrogens with zero attached hydrogens (tertiary/aromatic N) is 1. The van der Waals surface area contributed by atoms with Gasteiger partial charge in [-0.2, -0.15) is 0 Å². The van der Waals surface area contributed by atoms with Gasteiger partial charge in [0.2, 0.25) is 0 Å². The number of benzene rings is 1. The fourth-order valence-corrected chi connectivity index (χ4v) is 2.75. The van der Waals surface area contributed by atoms with Crippen LogP contribution in [0.15, 0.2) is 30.3 Å². The average Bonchev–Trinajstić information content (AvgIpc) is 2.41. The Hall–Kier alpha value is -1.31. The molecule has 98 valence electrons. The molecule has 0 spiro atoms. The van der Waals surface area contributed by atoms with E-state index < -0.39 is 0 Å². The molecule has 0 saturated carbocycles. The summed E-state index contributed by atoms with van der Waals surface area (Å²) < 4.78 is 0. The topological polar surface area (TPSA) is 27.1 Å². The van der Waals surface area contributed by atoms with E-state index in [1.165, 1.54) is 24.8 Å². The molecule has 0 aromatic heterocycles. The largest absolute Gasteiger partial charge is 0.361 e. The summed E-state index contributed by atoms with van der Waals surface area (Å²) in [5.74, 6) is 1.65. The number of nitrogens with one attached hydrogen (secondary N) is 1. The molecule has 18 heavy (non-hydrogen) atoms. The van der Waals surface area contributed by atoms with Crippen molar-refractivity contribution in [1.82, 2.24) is 4.90 Å². The van der Waals surface area contributed by atoms with Gasteiger partial charge in [-0.15, -0.1) is 0 Å². The van der Waals surface area contributed by atoms with E-state index in [9.17, 15) is 0 Å². The highest BCUT2D eigenvalue weighted by molar-refractivity contribution is 5.79. The van der Waals surface area contributed by atoms with Crippen molar-refractivity contribution in [2.75, 3.05) is 13.1 Å². The quantitative estimate of drug-likeness (QED) is 0.634. The first kappa shape index (κ1) is 13.1. The van der Waals surface area contributed by atoms with Gasteiger partial charge >= 0.3 is 0 Å². The van der Waals surface area contributed by atoms with E-state index in [0.717, 1.165) is 37.7 Å². The van der Waals surface area contributed by atoms with E-state index >= 15 is 0 Å². The van der Waals surface area contributed by atoms with Gasteiger partial charge in [0.25, 0.3) is 0 Å². The lowest BCUT2D eigenvalue weighted by molar-refractivity contribution is 0.260. The maximum Gasteiger partial charge on any atom is 0.0957 e. The van der Waals surface area contributed by atoms with E-state index in [-0.39, 0.29) is 0 Å². The molecular formula is C16H24N2. The third-order valence-corrected chi connectivity index (χ3v) is 3.85. The maximum atomic E-state index is 8.00. The van der Waals surface area contributed by atoms with Crippen molar-refractivity contribution in [1.29, 1.82) is 5.41 Å². The number of amidine groups is 1. The summed E-state index contributed by atoms with van der Waals surface area (Å²) in [6.07, 6.45) is 5.70. The van der Waals surface area contributed by atoms with Gasteiger partial charge in [0.05, 0.1) is 5.84 Å². The standard InChI is InChI=1S/C16H24N2/c1-2-6-16(17)18-11-9-15(10-12-18)13-14-7-4-3-5-8-14/h3-5,7-8,15,17H,2,6,9-13H2,1H3. The fourth-order valence-electron chi connectivity index (χ4n) is 2.75. The Morgan fingerprint density at radius 2 is 1.89 bits per heavy atom. The summed E-state index contributed by atoms with van der Waals surface area (Å²) in [6, 6.07) is 10.8. The molecule has 0 bridgehead atoms. The van der Waals surface area contributed by atoms with Crippen molar-refractivity contribution in [3.8, 4) is 0 Å². The van der Waals surface area contributed by atoms with E-state index in [1.54, 1.807) is 0 Å². The van der Waals surface area contributed by atoms with E-state index in [1.807, 2.05) is 0 Å². The summed E-state index contributed by atoms with van der Waals surface area (Å²) in [7, 11) is 0. The molecule has 1 saturated heterocycles. The second-order valence-electron chi connectivity index (χ2n) is 5.32. The van der Waals surface area contributed by atoms with Gasteiger partial charge in [-0.1, -0.05) is 37.3 Å². The predicted molar refractivity (Wildman–Crippen MR) is 77.1 cm³/mol. The van der Waals surface area contributed by atoms with E-state index in [4.69, 9.17) is 5.41 Å². The first-order chi connectivity index (χ1) is 8.79. The molecule has 1 aliphatic heterocycles. The molecule has 2 heteroatoms. The monoisotopic (exact) mass is 244 g/mol. The van der Waals surface area contributed by atoms with Crippen LogP contribution in [0.1, 0.15) is 38.2 Å². The number of likely N-dealkylation sites (tertiary alicyclic amines) is 1. The molecule has 0 radical (unpaired) electrons. The Kier molecular flexibility index (Phi) is 4.80. The molecule has 0 aliphatic carbocycles. The van der Waals surface area contributed by atoms with Crippen LogP contribution in [0.25, 0.3) is 0 Å². The van der Waals surface area contributed by atoms with Crippen LogP contribution < -0.4 is 0 Å². The van der Waals surface area contributed by atoms with Gasteiger partial charge in [0.1, 0.15) is 0 Å². The highest BCUT2D eigenvalue weighted by atomic mass is 15.2. The Bertz CT molecular complexity index is 364. The van der Waals surface area contributed by atoms with Gasteiger partial charge in [0.15, 0.2) is 0 Å². The SMILES string of the molecule is CCCC(=N)N1CCC(Cc2ccccc2)CC1. The lowest BCUT2D eigenvalue weighted by Gasteiger charge is -2.33. The van der Waals surface area contributed by atoms with Crippen molar-refractivity contribution in [3.05, 3.63) is 35.9 Å². The third-order valence-electron chi connectivity index (χ3n) is 3.85. The molecule has 1 N–H and O–H groups in total. The summed E-state index contributed by atoms with van der Waals surface area (Å²) in [6.45, 7) is 4.31. The Morgan fingerprint density at radius 1 is 1.22 bits per heavy atom. The van der Waals surface area contributed by atoms with Gasteiger partial charge in [0, 0.05) is 19.5 Å². The molecule has 0 amide bonds. The van der Waals surface area contributed by atoms with Crippen LogP contribution in [-0.4, -0.2) is 23.8 Å². The van der Waals surface area contributed by atoms with Crippen LogP contribution in [-0.2, 0) is 6.42 Å². The Labute approximate surface area is 111 Å². The predicted octanol–water partition coefficient (Wildman–Crippen LogP) is 3.72. The number of hydrogen-bond acceptors (Lipinski definition) is 1. The molecule has 2 nitrogen and oxygen atoms in total. The Balaban J connectivity index is 1.78. The van der Waals surface area contributed by atoms with Crippen molar-refractivity contribution < 1.29 is 0 Å². The van der Waals surface area contributed by atoms with Crippen LogP contribution in [0.3, 0.4) is 0 Å². The van der Waals surface area contributed by atoms with Crippen LogP contribution in [0.2, 0.25) is 0 Å². The van der Waals surface area contributed by atoms with Crippen LogP contribution in [0.5, 0.6) is 0 Å². The summed E-state index contributed by atoms with van der Waals surface area (Å²) in [4.78, 5) is 2.27. The van der Waals surface area contributed by atoms with Gasteiger partial charge in [-0.3, -0.25) is 5.41 Å². The van der Waals surface area contributed by atoms with E-state index in [2.05, 4.69) is 42.2 Å². The molecule has 1 aromatic carbocycles. The number of rotatable bonds is 4. The summed E-state index contributed by atoms with van der Waals surface area (Å²) in [5.41, 5.74) is 1.46.